The van der Waals surface area contributed by atoms with Gasteiger partial charge in [-0.15, -0.1) is 0 Å². The fraction of sp³-hybridized carbons (Fsp3) is 0.333. The second-order valence-electron chi connectivity index (χ2n) is 3.48. The fourth-order valence-corrected chi connectivity index (χ4v) is 1.81. The van der Waals surface area contributed by atoms with Gasteiger partial charge in [-0.3, -0.25) is 0 Å². The van der Waals surface area contributed by atoms with Crippen LogP contribution in [0, 0.1) is 0 Å². The first-order chi connectivity index (χ1) is 8.33. The second-order valence-corrected chi connectivity index (χ2v) is 3.48. The highest BCUT2D eigenvalue weighted by Crippen LogP contribution is 2.28. The molecule has 0 N–H and O–H groups in total. The van der Waals surface area contributed by atoms with Crippen molar-refractivity contribution in [3.63, 3.8) is 0 Å². The third-order valence-electron chi connectivity index (χ3n) is 2.56. The quantitative estimate of drug-likeness (QED) is 0.546. The summed E-state index contributed by atoms with van der Waals surface area (Å²) in [4.78, 5) is 0. The van der Waals surface area contributed by atoms with E-state index in [0.717, 1.165) is 6.42 Å². The van der Waals surface area contributed by atoms with Gasteiger partial charge in [0.25, 0.3) is 0 Å². The summed E-state index contributed by atoms with van der Waals surface area (Å²) < 4.78 is 0. The predicted octanol–water partition coefficient (Wildman–Crippen LogP) is 6.14. The van der Waals surface area contributed by atoms with Gasteiger partial charge < -0.3 is 0 Å². The Kier molecular flexibility index (Phi) is 12.4. The molecular formula is C18H28. The molecule has 0 heterocycles. The Hall–Kier alpha value is -1.56. The first kappa shape index (κ1) is 18.8. The zero-order valence-corrected chi connectivity index (χ0v) is 11.3. The van der Waals surface area contributed by atoms with Crippen molar-refractivity contribution in [3.05, 3.63) is 72.9 Å². The summed E-state index contributed by atoms with van der Waals surface area (Å²) in [6.07, 6.45) is 6.86. The molecule has 0 aliphatic rings. The molecule has 0 saturated heterocycles. The normalized spacial score (nSPS) is 11.4. The van der Waals surface area contributed by atoms with Crippen molar-refractivity contribution in [2.75, 3.05) is 0 Å². The Balaban J connectivity index is 0. The first-order valence-electron chi connectivity index (χ1n) is 6.33. The lowest BCUT2D eigenvalue weighted by Gasteiger charge is -2.16. The summed E-state index contributed by atoms with van der Waals surface area (Å²) in [7, 11) is 0. The molecule has 0 radical (unpaired) electrons. The third kappa shape index (κ3) is 5.67. The molecule has 0 aliphatic heterocycles. The SMILES string of the molecule is C.C=C/C=C(\C=C)C(CC)c1ccccc1.CC. The van der Waals surface area contributed by atoms with Crippen LogP contribution in [0.4, 0.5) is 0 Å². The fourth-order valence-electron chi connectivity index (χ4n) is 1.81. The maximum Gasteiger partial charge on any atom is 0.00865 e. The monoisotopic (exact) mass is 244 g/mol. The van der Waals surface area contributed by atoms with Crippen molar-refractivity contribution in [2.45, 2.75) is 40.5 Å². The average Bonchev–Trinajstić information content (AvgIpc) is 2.42. The molecule has 0 aromatic heterocycles. The first-order valence-corrected chi connectivity index (χ1v) is 6.33. The van der Waals surface area contributed by atoms with Crippen LogP contribution in [-0.2, 0) is 0 Å². The Labute approximate surface area is 114 Å². The van der Waals surface area contributed by atoms with Gasteiger partial charge in [0.1, 0.15) is 0 Å². The summed E-state index contributed by atoms with van der Waals surface area (Å²) >= 11 is 0. The van der Waals surface area contributed by atoms with Crippen LogP contribution < -0.4 is 0 Å². The Morgan fingerprint density at radius 3 is 2.11 bits per heavy atom. The van der Waals surface area contributed by atoms with Gasteiger partial charge in [0.15, 0.2) is 0 Å². The standard InChI is InChI=1S/C15H18.C2H6.CH4/c1-4-10-13(5-2)15(6-3)14-11-8-7-9-12-14;1-2;/h4-5,7-12,15H,1-2,6H2,3H3;1-2H3;1H4/b13-10+;;. The number of allylic oxidation sites excluding steroid dienone is 4. The maximum atomic E-state index is 3.86. The molecule has 0 aliphatic carbocycles. The predicted molar refractivity (Wildman–Crippen MR) is 86.0 cm³/mol. The van der Waals surface area contributed by atoms with E-state index in [4.69, 9.17) is 0 Å². The molecule has 100 valence electrons. The number of rotatable bonds is 5. The largest absolute Gasteiger partial charge is 0.0991 e. The van der Waals surface area contributed by atoms with E-state index in [2.05, 4.69) is 44.3 Å². The van der Waals surface area contributed by atoms with Crippen LogP contribution >= 0.6 is 0 Å². The van der Waals surface area contributed by atoms with E-state index in [0.29, 0.717) is 5.92 Å². The van der Waals surface area contributed by atoms with E-state index in [1.165, 1.54) is 11.1 Å². The smallest absolute Gasteiger partial charge is 0.00865 e. The molecule has 0 fully saturated rings. The molecule has 18 heavy (non-hydrogen) atoms. The Bertz CT molecular complexity index is 344. The van der Waals surface area contributed by atoms with Gasteiger partial charge in [-0.25, -0.2) is 0 Å². The zero-order chi connectivity index (χ0) is 13.1. The van der Waals surface area contributed by atoms with E-state index in [1.54, 1.807) is 0 Å². The minimum atomic E-state index is 0. The Morgan fingerprint density at radius 2 is 1.72 bits per heavy atom. The van der Waals surface area contributed by atoms with Crippen LogP contribution in [0.3, 0.4) is 0 Å². The molecule has 1 aromatic rings. The molecular weight excluding hydrogens is 216 g/mol. The molecule has 0 nitrogen and oxygen atoms in total. The molecule has 1 aromatic carbocycles. The van der Waals surface area contributed by atoms with E-state index in [-0.39, 0.29) is 7.43 Å². The highest BCUT2D eigenvalue weighted by atomic mass is 14.1. The number of hydrogen-bond donors (Lipinski definition) is 0. The summed E-state index contributed by atoms with van der Waals surface area (Å²) in [5.74, 6) is 0.432. The van der Waals surface area contributed by atoms with Crippen molar-refractivity contribution in [1.82, 2.24) is 0 Å². The van der Waals surface area contributed by atoms with Gasteiger partial charge in [0, 0.05) is 5.92 Å². The number of benzene rings is 1. The van der Waals surface area contributed by atoms with Crippen molar-refractivity contribution < 1.29 is 0 Å². The minimum Gasteiger partial charge on any atom is -0.0991 e. The lowest BCUT2D eigenvalue weighted by atomic mass is 9.88. The highest BCUT2D eigenvalue weighted by molar-refractivity contribution is 5.35. The highest BCUT2D eigenvalue weighted by Gasteiger charge is 2.10. The number of hydrogen-bond acceptors (Lipinski definition) is 0. The van der Waals surface area contributed by atoms with Gasteiger partial charge in [-0.1, -0.05) is 89.9 Å². The lowest BCUT2D eigenvalue weighted by Crippen LogP contribution is -1.99. The van der Waals surface area contributed by atoms with Crippen molar-refractivity contribution >= 4 is 0 Å². The molecule has 1 unspecified atom stereocenters. The van der Waals surface area contributed by atoms with Gasteiger partial charge in [0.2, 0.25) is 0 Å². The van der Waals surface area contributed by atoms with Gasteiger partial charge in [-0.2, -0.15) is 0 Å². The summed E-state index contributed by atoms with van der Waals surface area (Å²) in [6, 6.07) is 10.5. The van der Waals surface area contributed by atoms with Crippen LogP contribution in [0.25, 0.3) is 0 Å². The van der Waals surface area contributed by atoms with Gasteiger partial charge in [0.05, 0.1) is 0 Å². The summed E-state index contributed by atoms with van der Waals surface area (Å²) in [5, 5.41) is 0. The Morgan fingerprint density at radius 1 is 1.17 bits per heavy atom. The van der Waals surface area contributed by atoms with E-state index < -0.39 is 0 Å². The summed E-state index contributed by atoms with van der Waals surface area (Å²) in [6.45, 7) is 13.8. The van der Waals surface area contributed by atoms with Gasteiger partial charge in [-0.05, 0) is 17.6 Å². The summed E-state index contributed by atoms with van der Waals surface area (Å²) in [5.41, 5.74) is 2.58. The molecule has 1 rings (SSSR count). The van der Waals surface area contributed by atoms with E-state index in [1.807, 2.05) is 38.1 Å². The molecule has 0 heteroatoms. The molecule has 0 saturated carbocycles. The van der Waals surface area contributed by atoms with Crippen molar-refractivity contribution in [2.24, 2.45) is 0 Å². The van der Waals surface area contributed by atoms with Crippen LogP contribution in [-0.4, -0.2) is 0 Å². The average molecular weight is 244 g/mol. The van der Waals surface area contributed by atoms with E-state index >= 15 is 0 Å². The topological polar surface area (TPSA) is 0 Å². The molecule has 0 amide bonds. The minimum absolute atomic E-state index is 0. The lowest BCUT2D eigenvalue weighted by molar-refractivity contribution is 0.777. The van der Waals surface area contributed by atoms with Crippen LogP contribution in [0.15, 0.2) is 67.3 Å². The molecule has 0 spiro atoms. The van der Waals surface area contributed by atoms with Crippen molar-refractivity contribution in [3.8, 4) is 0 Å². The van der Waals surface area contributed by atoms with Gasteiger partial charge >= 0.3 is 0 Å². The molecule has 0 bridgehead atoms. The second kappa shape index (κ2) is 11.9. The maximum absolute atomic E-state index is 3.86. The third-order valence-corrected chi connectivity index (χ3v) is 2.56. The zero-order valence-electron chi connectivity index (χ0n) is 11.3. The molecule has 1 atom stereocenters. The van der Waals surface area contributed by atoms with Crippen LogP contribution in [0.2, 0.25) is 0 Å². The van der Waals surface area contributed by atoms with Crippen LogP contribution in [0.5, 0.6) is 0 Å². The van der Waals surface area contributed by atoms with E-state index in [9.17, 15) is 0 Å². The van der Waals surface area contributed by atoms with Crippen molar-refractivity contribution in [1.29, 1.82) is 0 Å². The van der Waals surface area contributed by atoms with Crippen LogP contribution in [0.1, 0.15) is 46.1 Å².